The third-order valence-electron chi connectivity index (χ3n) is 1.71. The lowest BCUT2D eigenvalue weighted by molar-refractivity contribution is 0.433. The van der Waals surface area contributed by atoms with Crippen LogP contribution in [0.4, 0.5) is 0 Å². The topological polar surface area (TPSA) is 56.7 Å². The Balaban J connectivity index is 2.10. The molecule has 14 heavy (non-hydrogen) atoms. The molecule has 0 fully saturated rings. The summed E-state index contributed by atoms with van der Waals surface area (Å²) < 4.78 is 8.02. The molecule has 0 aliphatic carbocycles. The van der Waals surface area contributed by atoms with E-state index in [2.05, 4.69) is 31.2 Å². The van der Waals surface area contributed by atoms with Crippen molar-refractivity contribution in [3.63, 3.8) is 0 Å². The molecule has 0 aliphatic heterocycles. The first-order valence-corrected chi connectivity index (χ1v) is 5.06. The van der Waals surface area contributed by atoms with Crippen LogP contribution in [0.15, 0.2) is 21.3 Å². The summed E-state index contributed by atoms with van der Waals surface area (Å²) in [4.78, 5) is 0. The maximum Gasteiger partial charge on any atom is 0.237 e. The molecule has 0 unspecified atom stereocenters. The molecule has 74 valence electrons. The molecule has 0 N–H and O–H groups in total. The Kier molecular flexibility index (Phi) is 2.62. The van der Waals surface area contributed by atoms with Crippen LogP contribution in [0.1, 0.15) is 18.7 Å². The summed E-state index contributed by atoms with van der Waals surface area (Å²) in [5, 5.41) is 11.9. The molecule has 0 radical (unpaired) electrons. The van der Waals surface area contributed by atoms with Gasteiger partial charge < -0.3 is 4.42 Å². The van der Waals surface area contributed by atoms with Crippen LogP contribution in [0, 0.1) is 0 Å². The van der Waals surface area contributed by atoms with Gasteiger partial charge in [-0.15, -0.1) is 10.2 Å². The molecule has 2 rings (SSSR count). The zero-order valence-corrected chi connectivity index (χ0v) is 9.23. The second-order valence-electron chi connectivity index (χ2n) is 2.80. The number of halogens is 1. The molecule has 0 bridgehead atoms. The van der Waals surface area contributed by atoms with E-state index < -0.39 is 0 Å². The standard InChI is InChI=1S/C8H9BrN4O/c1-2-7-11-12-8(14-7)5-13-4-6(9)3-10-13/h3-4H,2,5H2,1H3. The zero-order chi connectivity index (χ0) is 9.97. The molecule has 0 saturated heterocycles. The van der Waals surface area contributed by atoms with E-state index in [0.29, 0.717) is 18.3 Å². The summed E-state index contributed by atoms with van der Waals surface area (Å²) in [7, 11) is 0. The number of rotatable bonds is 3. The van der Waals surface area contributed by atoms with Gasteiger partial charge in [-0.3, -0.25) is 4.68 Å². The largest absolute Gasteiger partial charge is 0.423 e. The molecular formula is C8H9BrN4O. The van der Waals surface area contributed by atoms with Gasteiger partial charge in [-0.05, 0) is 15.9 Å². The summed E-state index contributed by atoms with van der Waals surface area (Å²) in [5.41, 5.74) is 0. The van der Waals surface area contributed by atoms with Crippen molar-refractivity contribution >= 4 is 15.9 Å². The first kappa shape index (κ1) is 9.39. The van der Waals surface area contributed by atoms with Crippen molar-refractivity contribution in [1.29, 1.82) is 0 Å². The fourth-order valence-corrected chi connectivity index (χ4v) is 1.39. The van der Waals surface area contributed by atoms with Gasteiger partial charge >= 0.3 is 0 Å². The first-order valence-electron chi connectivity index (χ1n) is 4.27. The number of hydrogen-bond donors (Lipinski definition) is 0. The van der Waals surface area contributed by atoms with Crippen LogP contribution in [0.2, 0.25) is 0 Å². The van der Waals surface area contributed by atoms with Crippen molar-refractivity contribution in [3.8, 4) is 0 Å². The summed E-state index contributed by atoms with van der Waals surface area (Å²) in [5.74, 6) is 1.24. The van der Waals surface area contributed by atoms with Crippen molar-refractivity contribution in [2.45, 2.75) is 19.9 Å². The van der Waals surface area contributed by atoms with Gasteiger partial charge in [-0.1, -0.05) is 6.92 Å². The van der Waals surface area contributed by atoms with E-state index in [1.165, 1.54) is 0 Å². The number of hydrogen-bond acceptors (Lipinski definition) is 4. The molecule has 2 aromatic heterocycles. The Morgan fingerprint density at radius 1 is 1.43 bits per heavy atom. The van der Waals surface area contributed by atoms with Gasteiger partial charge in [0.1, 0.15) is 6.54 Å². The van der Waals surface area contributed by atoms with Crippen LogP contribution in [0.25, 0.3) is 0 Å². The second kappa shape index (κ2) is 3.91. The highest BCUT2D eigenvalue weighted by Crippen LogP contribution is 2.08. The maximum atomic E-state index is 5.35. The molecule has 0 saturated carbocycles. The Hall–Kier alpha value is -1.17. The Labute approximate surface area is 89.3 Å². The van der Waals surface area contributed by atoms with Crippen LogP contribution < -0.4 is 0 Å². The van der Waals surface area contributed by atoms with Crippen molar-refractivity contribution in [2.24, 2.45) is 0 Å². The highest BCUT2D eigenvalue weighted by molar-refractivity contribution is 9.10. The molecule has 0 aliphatic rings. The summed E-state index contributed by atoms with van der Waals surface area (Å²) in [6.07, 6.45) is 4.34. The molecule has 0 atom stereocenters. The van der Waals surface area contributed by atoms with Crippen molar-refractivity contribution in [3.05, 3.63) is 28.6 Å². The summed E-state index contributed by atoms with van der Waals surface area (Å²) in [6.45, 7) is 2.49. The molecule has 0 aromatic carbocycles. The highest BCUT2D eigenvalue weighted by Gasteiger charge is 2.05. The normalized spacial score (nSPS) is 10.7. The number of aromatic nitrogens is 4. The lowest BCUT2D eigenvalue weighted by Crippen LogP contribution is -1.99. The maximum absolute atomic E-state index is 5.35. The van der Waals surface area contributed by atoms with Gasteiger partial charge in [0.15, 0.2) is 0 Å². The van der Waals surface area contributed by atoms with Gasteiger partial charge in [0.25, 0.3) is 0 Å². The van der Waals surface area contributed by atoms with Crippen molar-refractivity contribution < 1.29 is 4.42 Å². The van der Waals surface area contributed by atoms with Crippen LogP contribution in [0.5, 0.6) is 0 Å². The first-order chi connectivity index (χ1) is 6.78. The summed E-state index contributed by atoms with van der Waals surface area (Å²) in [6, 6.07) is 0. The second-order valence-corrected chi connectivity index (χ2v) is 3.71. The molecule has 5 nitrogen and oxygen atoms in total. The number of aryl methyl sites for hydroxylation is 1. The average Bonchev–Trinajstić information content (AvgIpc) is 2.76. The minimum absolute atomic E-state index is 0.513. The van der Waals surface area contributed by atoms with E-state index in [1.807, 2.05) is 13.1 Å². The molecule has 6 heteroatoms. The van der Waals surface area contributed by atoms with E-state index in [-0.39, 0.29) is 0 Å². The van der Waals surface area contributed by atoms with E-state index in [4.69, 9.17) is 4.42 Å². The highest BCUT2D eigenvalue weighted by atomic mass is 79.9. The smallest absolute Gasteiger partial charge is 0.237 e. The van der Waals surface area contributed by atoms with E-state index in [1.54, 1.807) is 10.9 Å². The summed E-state index contributed by atoms with van der Waals surface area (Å²) >= 11 is 3.31. The molecular weight excluding hydrogens is 248 g/mol. The predicted octanol–water partition coefficient (Wildman–Crippen LogP) is 1.64. The molecule has 2 heterocycles. The fourth-order valence-electron chi connectivity index (χ4n) is 1.06. The van der Waals surface area contributed by atoms with Crippen LogP contribution in [0.3, 0.4) is 0 Å². The fraction of sp³-hybridized carbons (Fsp3) is 0.375. The number of nitrogens with zero attached hydrogens (tertiary/aromatic N) is 4. The van der Waals surface area contributed by atoms with Gasteiger partial charge in [0.2, 0.25) is 11.8 Å². The third-order valence-corrected chi connectivity index (χ3v) is 2.12. The molecule has 2 aromatic rings. The van der Waals surface area contributed by atoms with Crippen LogP contribution in [-0.4, -0.2) is 20.0 Å². The lowest BCUT2D eigenvalue weighted by Gasteiger charge is -1.93. The quantitative estimate of drug-likeness (QED) is 0.838. The Morgan fingerprint density at radius 3 is 2.79 bits per heavy atom. The van der Waals surface area contributed by atoms with E-state index in [9.17, 15) is 0 Å². The van der Waals surface area contributed by atoms with Crippen LogP contribution >= 0.6 is 15.9 Å². The molecule has 0 amide bonds. The van der Waals surface area contributed by atoms with E-state index >= 15 is 0 Å². The van der Waals surface area contributed by atoms with E-state index in [0.717, 1.165) is 10.9 Å². The Bertz CT molecular complexity index is 422. The molecule has 0 spiro atoms. The van der Waals surface area contributed by atoms with Gasteiger partial charge in [0.05, 0.1) is 10.7 Å². The monoisotopic (exact) mass is 256 g/mol. The Morgan fingerprint density at radius 2 is 2.21 bits per heavy atom. The van der Waals surface area contributed by atoms with Gasteiger partial charge in [-0.25, -0.2) is 0 Å². The SMILES string of the molecule is CCc1nnc(Cn2cc(Br)cn2)o1. The predicted molar refractivity (Wildman–Crippen MR) is 52.7 cm³/mol. The minimum Gasteiger partial charge on any atom is -0.423 e. The van der Waals surface area contributed by atoms with Gasteiger partial charge in [0, 0.05) is 12.6 Å². The minimum atomic E-state index is 0.513. The van der Waals surface area contributed by atoms with Crippen molar-refractivity contribution in [2.75, 3.05) is 0 Å². The average molecular weight is 257 g/mol. The van der Waals surface area contributed by atoms with Gasteiger partial charge in [-0.2, -0.15) is 5.10 Å². The van der Waals surface area contributed by atoms with Crippen LogP contribution in [-0.2, 0) is 13.0 Å². The zero-order valence-electron chi connectivity index (χ0n) is 7.64. The van der Waals surface area contributed by atoms with Crippen molar-refractivity contribution in [1.82, 2.24) is 20.0 Å². The lowest BCUT2D eigenvalue weighted by atomic mass is 10.5. The third kappa shape index (κ3) is 2.01.